The fourth-order valence-corrected chi connectivity index (χ4v) is 2.91. The topological polar surface area (TPSA) is 72.6 Å². The van der Waals surface area contributed by atoms with Gasteiger partial charge in [-0.3, -0.25) is 4.79 Å². The molecule has 0 aliphatic carbocycles. The molecule has 1 amide bonds. The highest BCUT2D eigenvalue weighted by Gasteiger charge is 2.15. The summed E-state index contributed by atoms with van der Waals surface area (Å²) in [6, 6.07) is 13.6. The third kappa shape index (κ3) is 3.74. The van der Waals surface area contributed by atoms with Crippen LogP contribution in [0.5, 0.6) is 17.2 Å². The van der Waals surface area contributed by atoms with Crippen molar-refractivity contribution in [1.82, 2.24) is 10.3 Å². The van der Waals surface area contributed by atoms with E-state index < -0.39 is 0 Å². The smallest absolute Gasteiger partial charge is 0.224 e. The van der Waals surface area contributed by atoms with E-state index >= 15 is 0 Å². The summed E-state index contributed by atoms with van der Waals surface area (Å²) < 4.78 is 15.9. The summed E-state index contributed by atoms with van der Waals surface area (Å²) in [7, 11) is 4.65. The number of para-hydroxylation sites is 1. The maximum absolute atomic E-state index is 12.3. The summed E-state index contributed by atoms with van der Waals surface area (Å²) in [5.74, 6) is 1.49. The van der Waals surface area contributed by atoms with E-state index in [1.807, 2.05) is 30.3 Å². The Morgan fingerprint density at radius 3 is 2.31 bits per heavy atom. The van der Waals surface area contributed by atoms with Crippen LogP contribution in [0.2, 0.25) is 0 Å². The van der Waals surface area contributed by atoms with Crippen LogP contribution in [0, 0.1) is 0 Å². The summed E-state index contributed by atoms with van der Waals surface area (Å²) in [5.41, 5.74) is 2.81. The molecule has 0 saturated carbocycles. The second kappa shape index (κ2) is 7.82. The lowest BCUT2D eigenvalue weighted by molar-refractivity contribution is -0.120. The molecule has 2 N–H and O–H groups in total. The summed E-state index contributed by atoms with van der Waals surface area (Å²) >= 11 is 0. The van der Waals surface area contributed by atoms with Crippen LogP contribution >= 0.6 is 0 Å². The lowest BCUT2D eigenvalue weighted by Crippen LogP contribution is -2.24. The van der Waals surface area contributed by atoms with Gasteiger partial charge in [0.1, 0.15) is 0 Å². The fraction of sp³-hybridized carbons (Fsp3) is 0.250. The Kier molecular flexibility index (Phi) is 5.31. The van der Waals surface area contributed by atoms with Crippen LogP contribution < -0.4 is 19.5 Å². The number of ether oxygens (including phenoxy) is 3. The maximum atomic E-state index is 12.3. The van der Waals surface area contributed by atoms with E-state index in [4.69, 9.17) is 14.2 Å². The first kappa shape index (κ1) is 17.7. The third-order valence-electron chi connectivity index (χ3n) is 4.15. The molecule has 0 unspecified atom stereocenters. The van der Waals surface area contributed by atoms with Gasteiger partial charge in [-0.1, -0.05) is 18.2 Å². The monoisotopic (exact) mass is 354 g/mol. The number of amides is 1. The van der Waals surface area contributed by atoms with Gasteiger partial charge < -0.3 is 24.5 Å². The van der Waals surface area contributed by atoms with E-state index in [2.05, 4.69) is 10.3 Å². The van der Waals surface area contributed by atoms with E-state index in [1.54, 1.807) is 33.5 Å². The number of benzene rings is 2. The van der Waals surface area contributed by atoms with E-state index in [0.717, 1.165) is 22.2 Å². The highest BCUT2D eigenvalue weighted by Crippen LogP contribution is 2.38. The van der Waals surface area contributed by atoms with E-state index in [0.29, 0.717) is 23.8 Å². The van der Waals surface area contributed by atoms with E-state index in [9.17, 15) is 4.79 Å². The zero-order valence-electron chi connectivity index (χ0n) is 15.1. The zero-order chi connectivity index (χ0) is 18.5. The quantitative estimate of drug-likeness (QED) is 0.684. The summed E-state index contributed by atoms with van der Waals surface area (Å²) in [6.07, 6.45) is 0.219. The number of hydrogen-bond donors (Lipinski definition) is 2. The van der Waals surface area contributed by atoms with Crippen molar-refractivity contribution in [2.75, 3.05) is 21.3 Å². The minimum Gasteiger partial charge on any atom is -0.493 e. The molecule has 0 aliphatic heterocycles. The average Bonchev–Trinajstić information content (AvgIpc) is 3.08. The van der Waals surface area contributed by atoms with Gasteiger partial charge in [-0.15, -0.1) is 0 Å². The molecule has 1 heterocycles. The van der Waals surface area contributed by atoms with Gasteiger partial charge in [-0.05, 0) is 35.2 Å². The van der Waals surface area contributed by atoms with Crippen molar-refractivity contribution >= 4 is 16.8 Å². The molecule has 0 aliphatic rings. The number of aromatic amines is 1. The molecule has 136 valence electrons. The molecule has 2 aromatic carbocycles. The SMILES string of the molecule is COc1cc(CC(=O)NCc2cc3ccccc3[nH]2)cc(OC)c1OC. The predicted molar refractivity (Wildman–Crippen MR) is 99.9 cm³/mol. The number of H-pyrrole nitrogens is 1. The van der Waals surface area contributed by atoms with Gasteiger partial charge >= 0.3 is 0 Å². The van der Waals surface area contributed by atoms with Crippen LogP contribution in [0.15, 0.2) is 42.5 Å². The molecule has 6 nitrogen and oxygen atoms in total. The number of fused-ring (bicyclic) bond motifs is 1. The Balaban J connectivity index is 1.67. The summed E-state index contributed by atoms with van der Waals surface area (Å²) in [4.78, 5) is 15.6. The Bertz CT molecular complexity index is 859. The van der Waals surface area contributed by atoms with E-state index in [1.165, 1.54) is 0 Å². The summed E-state index contributed by atoms with van der Waals surface area (Å²) in [6.45, 7) is 0.442. The van der Waals surface area contributed by atoms with Crippen LogP contribution in [0.3, 0.4) is 0 Å². The van der Waals surface area contributed by atoms with E-state index in [-0.39, 0.29) is 12.3 Å². The van der Waals surface area contributed by atoms with Crippen molar-refractivity contribution in [2.45, 2.75) is 13.0 Å². The fourth-order valence-electron chi connectivity index (χ4n) is 2.91. The minimum atomic E-state index is -0.0853. The molecule has 0 saturated heterocycles. The standard InChI is InChI=1S/C20H22N2O4/c1-24-17-8-13(9-18(25-2)20(17)26-3)10-19(23)21-12-15-11-14-6-4-5-7-16(14)22-15/h4-9,11,22H,10,12H2,1-3H3,(H,21,23). The van der Waals surface area contributed by atoms with Gasteiger partial charge in [-0.25, -0.2) is 0 Å². The Labute approximate surface area is 152 Å². The molecule has 1 aromatic heterocycles. The first-order chi connectivity index (χ1) is 12.6. The van der Waals surface area contributed by atoms with Gasteiger partial charge in [0, 0.05) is 11.2 Å². The molecule has 0 bridgehead atoms. The van der Waals surface area contributed by atoms with Crippen LogP contribution in [0.1, 0.15) is 11.3 Å². The normalized spacial score (nSPS) is 10.6. The lowest BCUT2D eigenvalue weighted by Gasteiger charge is -2.14. The van der Waals surface area contributed by atoms with Crippen molar-refractivity contribution in [3.05, 3.63) is 53.7 Å². The largest absolute Gasteiger partial charge is 0.493 e. The van der Waals surface area contributed by atoms with Gasteiger partial charge in [0.05, 0.1) is 34.3 Å². The first-order valence-corrected chi connectivity index (χ1v) is 8.26. The Hall–Kier alpha value is -3.15. The number of carbonyl (C=O) groups is 1. The molecular weight excluding hydrogens is 332 g/mol. The van der Waals surface area contributed by atoms with Crippen molar-refractivity contribution in [3.8, 4) is 17.2 Å². The molecule has 3 aromatic rings. The molecule has 6 heteroatoms. The molecule has 0 fully saturated rings. The molecular formula is C20H22N2O4. The molecule has 0 radical (unpaired) electrons. The number of methoxy groups -OCH3 is 3. The number of rotatable bonds is 7. The third-order valence-corrected chi connectivity index (χ3v) is 4.15. The van der Waals surface area contributed by atoms with Crippen LogP contribution in [0.25, 0.3) is 10.9 Å². The van der Waals surface area contributed by atoms with Crippen LogP contribution in [-0.2, 0) is 17.8 Å². The van der Waals surface area contributed by atoms with Gasteiger partial charge in [0.25, 0.3) is 0 Å². The number of aromatic nitrogens is 1. The highest BCUT2D eigenvalue weighted by molar-refractivity contribution is 5.81. The first-order valence-electron chi connectivity index (χ1n) is 8.26. The van der Waals surface area contributed by atoms with Crippen LogP contribution in [-0.4, -0.2) is 32.2 Å². The molecule has 3 rings (SSSR count). The number of carbonyl (C=O) groups excluding carboxylic acids is 1. The zero-order valence-corrected chi connectivity index (χ0v) is 15.1. The molecule has 0 spiro atoms. The van der Waals surface area contributed by atoms with Gasteiger partial charge in [0.15, 0.2) is 11.5 Å². The van der Waals surface area contributed by atoms with Gasteiger partial charge in [0.2, 0.25) is 11.7 Å². The van der Waals surface area contributed by atoms with Crippen molar-refractivity contribution in [2.24, 2.45) is 0 Å². The Morgan fingerprint density at radius 1 is 1.00 bits per heavy atom. The maximum Gasteiger partial charge on any atom is 0.224 e. The molecule has 26 heavy (non-hydrogen) atoms. The molecule has 0 atom stereocenters. The van der Waals surface area contributed by atoms with Crippen molar-refractivity contribution in [3.63, 3.8) is 0 Å². The van der Waals surface area contributed by atoms with Gasteiger partial charge in [-0.2, -0.15) is 0 Å². The number of hydrogen-bond acceptors (Lipinski definition) is 4. The highest BCUT2D eigenvalue weighted by atomic mass is 16.5. The lowest BCUT2D eigenvalue weighted by atomic mass is 10.1. The van der Waals surface area contributed by atoms with Crippen molar-refractivity contribution in [1.29, 1.82) is 0 Å². The number of nitrogens with one attached hydrogen (secondary N) is 2. The Morgan fingerprint density at radius 2 is 1.69 bits per heavy atom. The van der Waals surface area contributed by atoms with Crippen molar-refractivity contribution < 1.29 is 19.0 Å². The minimum absolute atomic E-state index is 0.0853. The second-order valence-corrected chi connectivity index (χ2v) is 5.87. The average molecular weight is 354 g/mol. The predicted octanol–water partition coefficient (Wildman–Crippen LogP) is 3.05. The second-order valence-electron chi connectivity index (χ2n) is 5.87. The summed E-state index contributed by atoms with van der Waals surface area (Å²) in [5, 5.41) is 4.06. The van der Waals surface area contributed by atoms with Crippen LogP contribution in [0.4, 0.5) is 0 Å².